The van der Waals surface area contributed by atoms with Gasteiger partial charge < -0.3 is 25.4 Å². The zero-order valence-corrected chi connectivity index (χ0v) is 20.2. The molecule has 2 aromatic carbocycles. The van der Waals surface area contributed by atoms with Crippen molar-refractivity contribution in [2.75, 3.05) is 7.11 Å². The Bertz CT molecular complexity index is 967. The van der Waals surface area contributed by atoms with E-state index in [9.17, 15) is 19.6 Å². The van der Waals surface area contributed by atoms with E-state index in [0.29, 0.717) is 25.7 Å². The van der Waals surface area contributed by atoms with Gasteiger partial charge in [0, 0.05) is 12.3 Å². The van der Waals surface area contributed by atoms with Crippen LogP contribution in [0.25, 0.3) is 0 Å². The van der Waals surface area contributed by atoms with Crippen LogP contribution in [0.4, 0.5) is 0 Å². The fraction of sp³-hybridized carbons (Fsp3) is 0.462. The maximum Gasteiger partial charge on any atom is 0.475 e. The first kappa shape index (κ1) is 25.8. The van der Waals surface area contributed by atoms with E-state index in [1.807, 2.05) is 62.4 Å². The fourth-order valence-corrected chi connectivity index (χ4v) is 4.48. The molecule has 0 aliphatic heterocycles. The van der Waals surface area contributed by atoms with Crippen LogP contribution in [-0.2, 0) is 28.9 Å². The van der Waals surface area contributed by atoms with Gasteiger partial charge in [-0.1, -0.05) is 50.2 Å². The lowest BCUT2D eigenvalue weighted by molar-refractivity contribution is -0.131. The number of hydrogen-bond donors (Lipinski definition) is 4. The highest BCUT2D eigenvalue weighted by Crippen LogP contribution is 2.29. The summed E-state index contributed by atoms with van der Waals surface area (Å²) in [6, 6.07) is 14.6. The number of amides is 2. The van der Waals surface area contributed by atoms with Gasteiger partial charge in [-0.05, 0) is 60.4 Å². The Kier molecular flexibility index (Phi) is 9.13. The molecule has 1 aliphatic rings. The van der Waals surface area contributed by atoms with E-state index in [1.165, 1.54) is 5.56 Å². The number of carbonyl (C=O) groups excluding carboxylic acids is 2. The van der Waals surface area contributed by atoms with Crippen molar-refractivity contribution in [2.24, 2.45) is 11.8 Å². The van der Waals surface area contributed by atoms with Crippen molar-refractivity contribution in [1.82, 2.24) is 10.6 Å². The van der Waals surface area contributed by atoms with Crippen molar-refractivity contribution in [1.29, 1.82) is 0 Å². The molecule has 4 N–H and O–H groups in total. The summed E-state index contributed by atoms with van der Waals surface area (Å²) < 4.78 is 5.30. The number of methoxy groups -OCH3 is 1. The molecule has 3 rings (SSSR count). The Balaban J connectivity index is 1.72. The first-order chi connectivity index (χ1) is 16.3. The molecule has 0 heterocycles. The second-order valence-electron chi connectivity index (χ2n) is 9.48. The van der Waals surface area contributed by atoms with Crippen LogP contribution in [0, 0.1) is 11.8 Å². The van der Waals surface area contributed by atoms with Gasteiger partial charge in [0.1, 0.15) is 11.8 Å². The summed E-state index contributed by atoms with van der Waals surface area (Å²) in [4.78, 5) is 26.4. The number of nitrogens with one attached hydrogen (secondary N) is 2. The minimum absolute atomic E-state index is 0.162. The SMILES string of the molecule is COc1ccc2c(c1)CCC(C(=O)N[C@@H](Cc1ccccc1)C(=O)N[C@@H](CC(C)C)B(O)O)C2. The average Bonchev–Trinajstić information content (AvgIpc) is 2.82. The monoisotopic (exact) mass is 466 g/mol. The number of aryl methyl sites for hydroxylation is 1. The predicted molar refractivity (Wildman–Crippen MR) is 132 cm³/mol. The number of ether oxygens (including phenoxy) is 1. The molecule has 0 radical (unpaired) electrons. The smallest absolute Gasteiger partial charge is 0.475 e. The molecule has 34 heavy (non-hydrogen) atoms. The van der Waals surface area contributed by atoms with Gasteiger partial charge in [0.05, 0.1) is 13.1 Å². The van der Waals surface area contributed by atoms with E-state index in [2.05, 4.69) is 10.6 Å². The van der Waals surface area contributed by atoms with Crippen LogP contribution in [0.15, 0.2) is 48.5 Å². The predicted octanol–water partition coefficient (Wildman–Crippen LogP) is 2.07. The van der Waals surface area contributed by atoms with Crippen molar-refractivity contribution >= 4 is 18.9 Å². The van der Waals surface area contributed by atoms with E-state index < -0.39 is 25.0 Å². The molecule has 3 atom stereocenters. The summed E-state index contributed by atoms with van der Waals surface area (Å²) in [6.45, 7) is 3.89. The molecule has 2 amide bonds. The maximum absolute atomic E-state index is 13.2. The number of hydrogen-bond acceptors (Lipinski definition) is 5. The van der Waals surface area contributed by atoms with Gasteiger partial charge in [0.15, 0.2) is 0 Å². The largest absolute Gasteiger partial charge is 0.497 e. The number of benzene rings is 2. The van der Waals surface area contributed by atoms with Crippen LogP contribution >= 0.6 is 0 Å². The lowest BCUT2D eigenvalue weighted by atomic mass is 9.75. The first-order valence-corrected chi connectivity index (χ1v) is 11.9. The second-order valence-corrected chi connectivity index (χ2v) is 9.48. The molecule has 0 spiro atoms. The van der Waals surface area contributed by atoms with Gasteiger partial charge in [0.25, 0.3) is 0 Å². The van der Waals surface area contributed by atoms with Crippen LogP contribution in [-0.4, -0.2) is 48.1 Å². The van der Waals surface area contributed by atoms with Crippen molar-refractivity contribution in [3.8, 4) is 5.75 Å². The molecule has 8 heteroatoms. The van der Waals surface area contributed by atoms with Crippen molar-refractivity contribution in [3.05, 3.63) is 65.2 Å². The lowest BCUT2D eigenvalue weighted by Gasteiger charge is -2.28. The average molecular weight is 466 g/mol. The van der Waals surface area contributed by atoms with E-state index in [0.717, 1.165) is 23.3 Å². The first-order valence-electron chi connectivity index (χ1n) is 11.9. The zero-order valence-electron chi connectivity index (χ0n) is 20.2. The van der Waals surface area contributed by atoms with E-state index in [1.54, 1.807) is 7.11 Å². The van der Waals surface area contributed by atoms with Crippen LogP contribution in [0.5, 0.6) is 5.75 Å². The number of fused-ring (bicyclic) bond motifs is 1. The third-order valence-electron chi connectivity index (χ3n) is 6.34. The quantitative estimate of drug-likeness (QED) is 0.401. The number of rotatable bonds is 10. The maximum atomic E-state index is 13.2. The topological polar surface area (TPSA) is 108 Å². The van der Waals surface area contributed by atoms with Crippen LogP contribution in [0.2, 0.25) is 0 Å². The normalized spacial score (nSPS) is 16.8. The summed E-state index contributed by atoms with van der Waals surface area (Å²) in [5.41, 5.74) is 3.22. The molecule has 0 bridgehead atoms. The van der Waals surface area contributed by atoms with Crippen molar-refractivity contribution < 1.29 is 24.4 Å². The number of carbonyl (C=O) groups is 2. The third-order valence-corrected chi connectivity index (χ3v) is 6.34. The molecule has 1 aliphatic carbocycles. The van der Waals surface area contributed by atoms with Gasteiger partial charge in [-0.15, -0.1) is 0 Å². The molecule has 0 saturated heterocycles. The van der Waals surface area contributed by atoms with Crippen molar-refractivity contribution in [2.45, 2.75) is 57.9 Å². The molecular formula is C26H35BN2O5. The van der Waals surface area contributed by atoms with Gasteiger partial charge in [0.2, 0.25) is 11.8 Å². The molecule has 2 aromatic rings. The zero-order chi connectivity index (χ0) is 24.7. The van der Waals surface area contributed by atoms with E-state index >= 15 is 0 Å². The lowest BCUT2D eigenvalue weighted by Crippen LogP contribution is -2.55. The highest BCUT2D eigenvalue weighted by molar-refractivity contribution is 6.43. The Hall–Kier alpha value is -2.84. The molecule has 0 aromatic heterocycles. The summed E-state index contributed by atoms with van der Waals surface area (Å²) in [7, 11) is -0.0356. The summed E-state index contributed by atoms with van der Waals surface area (Å²) in [6.07, 6.45) is 2.80. The molecule has 0 fully saturated rings. The van der Waals surface area contributed by atoms with Gasteiger partial charge in [-0.2, -0.15) is 0 Å². The third kappa shape index (κ3) is 7.08. The Morgan fingerprint density at radius 1 is 1.09 bits per heavy atom. The minimum atomic E-state index is -1.67. The van der Waals surface area contributed by atoms with Gasteiger partial charge >= 0.3 is 7.12 Å². The molecular weight excluding hydrogens is 431 g/mol. The Morgan fingerprint density at radius 3 is 2.47 bits per heavy atom. The molecule has 0 saturated carbocycles. The summed E-state index contributed by atoms with van der Waals surface area (Å²) in [5, 5.41) is 25.2. The van der Waals surface area contributed by atoms with Crippen LogP contribution < -0.4 is 15.4 Å². The Labute approximate surface area is 202 Å². The van der Waals surface area contributed by atoms with Crippen molar-refractivity contribution in [3.63, 3.8) is 0 Å². The van der Waals surface area contributed by atoms with Gasteiger partial charge in [-0.3, -0.25) is 9.59 Å². The highest BCUT2D eigenvalue weighted by atomic mass is 16.5. The van der Waals surface area contributed by atoms with Crippen LogP contribution in [0.3, 0.4) is 0 Å². The van der Waals surface area contributed by atoms with Gasteiger partial charge in [-0.25, -0.2) is 0 Å². The van der Waals surface area contributed by atoms with E-state index in [4.69, 9.17) is 4.74 Å². The Morgan fingerprint density at radius 2 is 1.82 bits per heavy atom. The standard InChI is InChI=1S/C26H35BN2O5/c1-17(2)13-24(27(32)33)29-26(31)23(14-18-7-5-4-6-8-18)28-25(30)21-10-9-20-16-22(34-3)12-11-19(20)15-21/h4-8,11-12,16-17,21,23-24,32-33H,9-10,13-15H2,1-3H3,(H,28,30)(H,29,31)/t21?,23-,24-/m0/s1. The van der Waals surface area contributed by atoms with E-state index in [-0.39, 0.29) is 17.7 Å². The minimum Gasteiger partial charge on any atom is -0.497 e. The molecule has 7 nitrogen and oxygen atoms in total. The molecule has 1 unspecified atom stereocenters. The summed E-state index contributed by atoms with van der Waals surface area (Å²) in [5.74, 6) is -0.654. The van der Waals surface area contributed by atoms with Crippen LogP contribution in [0.1, 0.15) is 43.4 Å². The molecule has 182 valence electrons. The second kappa shape index (κ2) is 12.0. The summed E-state index contributed by atoms with van der Waals surface area (Å²) >= 11 is 0. The fourth-order valence-electron chi connectivity index (χ4n) is 4.48. The highest BCUT2D eigenvalue weighted by Gasteiger charge is 2.32.